The SMILES string of the molecule is CC1(C)CC(N2C[C@H]3CNC[C@H]3C2)CCO1. The van der Waals surface area contributed by atoms with Gasteiger partial charge in [0.25, 0.3) is 0 Å². The molecule has 3 saturated heterocycles. The number of hydrogen-bond acceptors (Lipinski definition) is 3. The van der Waals surface area contributed by atoms with E-state index in [2.05, 4.69) is 24.1 Å². The van der Waals surface area contributed by atoms with Crippen LogP contribution in [0.4, 0.5) is 0 Å². The van der Waals surface area contributed by atoms with Crippen LogP contribution in [0.3, 0.4) is 0 Å². The summed E-state index contributed by atoms with van der Waals surface area (Å²) in [7, 11) is 0. The molecule has 3 aliphatic heterocycles. The molecule has 1 N–H and O–H groups in total. The van der Waals surface area contributed by atoms with E-state index in [1.165, 1.54) is 39.0 Å². The number of hydrogen-bond donors (Lipinski definition) is 1. The molecule has 3 aliphatic rings. The minimum atomic E-state index is 0.0961. The van der Waals surface area contributed by atoms with Crippen molar-refractivity contribution in [3.63, 3.8) is 0 Å². The van der Waals surface area contributed by atoms with Crippen LogP contribution in [0.25, 0.3) is 0 Å². The highest BCUT2D eigenvalue weighted by Gasteiger charge is 2.41. The van der Waals surface area contributed by atoms with Crippen molar-refractivity contribution >= 4 is 0 Å². The lowest BCUT2D eigenvalue weighted by molar-refractivity contribution is -0.0810. The topological polar surface area (TPSA) is 24.5 Å². The van der Waals surface area contributed by atoms with Crippen LogP contribution >= 0.6 is 0 Å². The molecule has 92 valence electrons. The molecule has 0 saturated carbocycles. The van der Waals surface area contributed by atoms with Crippen LogP contribution in [0.15, 0.2) is 0 Å². The maximum atomic E-state index is 5.81. The number of likely N-dealkylation sites (tertiary alicyclic amines) is 1. The summed E-state index contributed by atoms with van der Waals surface area (Å²) in [6.07, 6.45) is 2.44. The van der Waals surface area contributed by atoms with Gasteiger partial charge in [0, 0.05) is 25.7 Å². The highest BCUT2D eigenvalue weighted by atomic mass is 16.5. The average molecular weight is 224 g/mol. The maximum absolute atomic E-state index is 5.81. The monoisotopic (exact) mass is 224 g/mol. The van der Waals surface area contributed by atoms with E-state index in [0.29, 0.717) is 0 Å². The molecule has 0 radical (unpaired) electrons. The molecule has 0 aromatic carbocycles. The molecule has 0 spiro atoms. The van der Waals surface area contributed by atoms with Crippen LogP contribution in [0.1, 0.15) is 26.7 Å². The number of rotatable bonds is 1. The Labute approximate surface area is 98.5 Å². The van der Waals surface area contributed by atoms with Gasteiger partial charge in [-0.05, 0) is 51.6 Å². The molecule has 0 bridgehead atoms. The molecule has 3 heteroatoms. The number of ether oxygens (including phenoxy) is 1. The second-order valence-corrected chi connectivity index (χ2v) is 6.39. The van der Waals surface area contributed by atoms with E-state index >= 15 is 0 Å². The standard InChI is InChI=1S/C13H24N2O/c1-13(2)5-12(3-4-16-13)15-8-10-6-14-7-11(10)9-15/h10-12,14H,3-9H2,1-2H3/t10-,11+,12?. The Bertz CT molecular complexity index is 255. The predicted octanol–water partition coefficient (Wildman–Crippen LogP) is 1.10. The first-order valence-electron chi connectivity index (χ1n) is 6.73. The molecule has 3 nitrogen and oxygen atoms in total. The van der Waals surface area contributed by atoms with Crippen LogP contribution in [-0.4, -0.2) is 49.3 Å². The van der Waals surface area contributed by atoms with Crippen LogP contribution in [-0.2, 0) is 4.74 Å². The third kappa shape index (κ3) is 2.01. The summed E-state index contributed by atoms with van der Waals surface area (Å²) in [5, 5.41) is 3.51. The van der Waals surface area contributed by atoms with Gasteiger partial charge < -0.3 is 10.1 Å². The summed E-state index contributed by atoms with van der Waals surface area (Å²) in [6, 6.07) is 0.773. The van der Waals surface area contributed by atoms with Crippen molar-refractivity contribution in [1.29, 1.82) is 0 Å². The Hall–Kier alpha value is -0.120. The van der Waals surface area contributed by atoms with Gasteiger partial charge in [0.15, 0.2) is 0 Å². The Morgan fingerprint density at radius 3 is 2.50 bits per heavy atom. The van der Waals surface area contributed by atoms with Crippen molar-refractivity contribution in [3.8, 4) is 0 Å². The first-order valence-corrected chi connectivity index (χ1v) is 6.73. The fourth-order valence-electron chi connectivity index (χ4n) is 3.70. The van der Waals surface area contributed by atoms with Gasteiger partial charge in [-0.25, -0.2) is 0 Å². The van der Waals surface area contributed by atoms with Crippen LogP contribution in [0, 0.1) is 11.8 Å². The van der Waals surface area contributed by atoms with E-state index < -0.39 is 0 Å². The first kappa shape index (κ1) is 11.0. The lowest BCUT2D eigenvalue weighted by Crippen LogP contribution is -2.46. The number of fused-ring (bicyclic) bond motifs is 1. The largest absolute Gasteiger partial charge is 0.375 e. The second kappa shape index (κ2) is 3.97. The van der Waals surface area contributed by atoms with Gasteiger partial charge in [-0.2, -0.15) is 0 Å². The van der Waals surface area contributed by atoms with Crippen molar-refractivity contribution in [3.05, 3.63) is 0 Å². The molecular formula is C13H24N2O. The number of nitrogens with zero attached hydrogens (tertiary/aromatic N) is 1. The van der Waals surface area contributed by atoms with Crippen molar-refractivity contribution in [1.82, 2.24) is 10.2 Å². The smallest absolute Gasteiger partial charge is 0.0641 e. The zero-order chi connectivity index (χ0) is 11.2. The molecule has 3 fully saturated rings. The predicted molar refractivity (Wildman–Crippen MR) is 64.5 cm³/mol. The Balaban J connectivity index is 1.62. The van der Waals surface area contributed by atoms with Crippen molar-refractivity contribution in [2.45, 2.75) is 38.3 Å². The molecular weight excluding hydrogens is 200 g/mol. The minimum absolute atomic E-state index is 0.0961. The van der Waals surface area contributed by atoms with Gasteiger partial charge >= 0.3 is 0 Å². The normalized spacial score (nSPS) is 43.5. The highest BCUT2D eigenvalue weighted by Crippen LogP contribution is 2.33. The molecule has 16 heavy (non-hydrogen) atoms. The third-order valence-corrected chi connectivity index (χ3v) is 4.61. The molecule has 0 aliphatic carbocycles. The van der Waals surface area contributed by atoms with Gasteiger partial charge in [0.05, 0.1) is 5.60 Å². The summed E-state index contributed by atoms with van der Waals surface area (Å²) in [5.74, 6) is 1.84. The highest BCUT2D eigenvalue weighted by molar-refractivity contribution is 4.95. The van der Waals surface area contributed by atoms with E-state index in [4.69, 9.17) is 4.74 Å². The Morgan fingerprint density at radius 2 is 1.88 bits per heavy atom. The molecule has 0 aromatic heterocycles. The lowest BCUT2D eigenvalue weighted by atomic mass is 9.93. The zero-order valence-corrected chi connectivity index (χ0v) is 10.5. The maximum Gasteiger partial charge on any atom is 0.0641 e. The van der Waals surface area contributed by atoms with Crippen LogP contribution in [0.5, 0.6) is 0 Å². The molecule has 0 aromatic rings. The van der Waals surface area contributed by atoms with Gasteiger partial charge in [0.2, 0.25) is 0 Å². The molecule has 3 heterocycles. The van der Waals surface area contributed by atoms with Gasteiger partial charge in [-0.1, -0.05) is 0 Å². The van der Waals surface area contributed by atoms with E-state index in [1.54, 1.807) is 0 Å². The average Bonchev–Trinajstić information content (AvgIpc) is 2.74. The fourth-order valence-corrected chi connectivity index (χ4v) is 3.70. The molecule has 3 rings (SSSR count). The van der Waals surface area contributed by atoms with Gasteiger partial charge in [-0.3, -0.25) is 4.90 Å². The van der Waals surface area contributed by atoms with Crippen molar-refractivity contribution < 1.29 is 4.74 Å². The summed E-state index contributed by atoms with van der Waals surface area (Å²) < 4.78 is 5.81. The van der Waals surface area contributed by atoms with E-state index in [1.807, 2.05) is 0 Å². The van der Waals surface area contributed by atoms with Crippen molar-refractivity contribution in [2.24, 2.45) is 11.8 Å². The van der Waals surface area contributed by atoms with Crippen molar-refractivity contribution in [2.75, 3.05) is 32.8 Å². The van der Waals surface area contributed by atoms with Gasteiger partial charge in [0.1, 0.15) is 0 Å². The molecule has 1 unspecified atom stereocenters. The molecule has 3 atom stereocenters. The molecule has 0 amide bonds. The van der Waals surface area contributed by atoms with Crippen LogP contribution < -0.4 is 5.32 Å². The van der Waals surface area contributed by atoms with E-state index in [9.17, 15) is 0 Å². The first-order chi connectivity index (χ1) is 7.64. The Kier molecular flexibility index (Phi) is 2.73. The summed E-state index contributed by atoms with van der Waals surface area (Å²) in [4.78, 5) is 2.74. The van der Waals surface area contributed by atoms with Crippen LogP contribution in [0.2, 0.25) is 0 Å². The summed E-state index contributed by atoms with van der Waals surface area (Å²) in [6.45, 7) is 10.5. The van der Waals surface area contributed by atoms with E-state index in [0.717, 1.165) is 24.5 Å². The fraction of sp³-hybridized carbons (Fsp3) is 1.00. The van der Waals surface area contributed by atoms with Gasteiger partial charge in [-0.15, -0.1) is 0 Å². The third-order valence-electron chi connectivity index (χ3n) is 4.61. The Morgan fingerprint density at radius 1 is 1.19 bits per heavy atom. The lowest BCUT2D eigenvalue weighted by Gasteiger charge is -2.40. The quantitative estimate of drug-likeness (QED) is 0.722. The summed E-state index contributed by atoms with van der Waals surface area (Å²) in [5.41, 5.74) is 0.0961. The zero-order valence-electron chi connectivity index (χ0n) is 10.5. The second-order valence-electron chi connectivity index (χ2n) is 6.39. The summed E-state index contributed by atoms with van der Waals surface area (Å²) >= 11 is 0. The number of nitrogens with one attached hydrogen (secondary N) is 1. The minimum Gasteiger partial charge on any atom is -0.375 e. The van der Waals surface area contributed by atoms with E-state index in [-0.39, 0.29) is 5.60 Å².